The average Bonchev–Trinajstić information content (AvgIpc) is 2.53. The second-order valence-electron chi connectivity index (χ2n) is 5.51. The second kappa shape index (κ2) is 6.11. The van der Waals surface area contributed by atoms with Gasteiger partial charge in [0.15, 0.2) is 0 Å². The SMILES string of the molecule is CCNC(c1ccc(C)cc1)c1ccc2ccccc2c1. The predicted octanol–water partition coefficient (Wildman–Crippen LogP) is 4.85. The van der Waals surface area contributed by atoms with E-state index >= 15 is 0 Å². The van der Waals surface area contributed by atoms with E-state index in [0.29, 0.717) is 0 Å². The quantitative estimate of drug-likeness (QED) is 0.718. The van der Waals surface area contributed by atoms with E-state index in [0.717, 1.165) is 6.54 Å². The Hall–Kier alpha value is -2.12. The minimum absolute atomic E-state index is 0.250. The van der Waals surface area contributed by atoms with E-state index in [1.54, 1.807) is 0 Å². The maximum Gasteiger partial charge on any atom is 0.0576 e. The van der Waals surface area contributed by atoms with Gasteiger partial charge in [-0.3, -0.25) is 0 Å². The molecule has 1 N–H and O–H groups in total. The van der Waals surface area contributed by atoms with Crippen molar-refractivity contribution in [3.63, 3.8) is 0 Å². The second-order valence-corrected chi connectivity index (χ2v) is 5.51. The van der Waals surface area contributed by atoms with Gasteiger partial charge in [0, 0.05) is 0 Å². The lowest BCUT2D eigenvalue weighted by Gasteiger charge is -2.19. The van der Waals surface area contributed by atoms with Crippen molar-refractivity contribution in [2.45, 2.75) is 19.9 Å². The Morgan fingerprint density at radius 2 is 1.48 bits per heavy atom. The highest BCUT2D eigenvalue weighted by Gasteiger charge is 2.13. The molecule has 1 atom stereocenters. The van der Waals surface area contributed by atoms with Crippen LogP contribution >= 0.6 is 0 Å². The van der Waals surface area contributed by atoms with Crippen LogP contribution in [0.15, 0.2) is 66.7 Å². The van der Waals surface area contributed by atoms with Crippen LogP contribution in [0.4, 0.5) is 0 Å². The Morgan fingerprint density at radius 1 is 0.810 bits per heavy atom. The monoisotopic (exact) mass is 275 g/mol. The highest BCUT2D eigenvalue weighted by atomic mass is 14.9. The fraction of sp³-hybridized carbons (Fsp3) is 0.200. The summed E-state index contributed by atoms with van der Waals surface area (Å²) in [4.78, 5) is 0. The largest absolute Gasteiger partial charge is 0.307 e. The minimum atomic E-state index is 0.250. The minimum Gasteiger partial charge on any atom is -0.307 e. The van der Waals surface area contributed by atoms with Crippen molar-refractivity contribution in [1.82, 2.24) is 5.32 Å². The predicted molar refractivity (Wildman–Crippen MR) is 90.6 cm³/mol. The summed E-state index contributed by atoms with van der Waals surface area (Å²) in [5.74, 6) is 0. The van der Waals surface area contributed by atoms with Crippen molar-refractivity contribution >= 4 is 10.8 Å². The summed E-state index contributed by atoms with van der Waals surface area (Å²) in [6, 6.07) is 24.3. The van der Waals surface area contributed by atoms with Gasteiger partial charge in [-0.1, -0.05) is 73.2 Å². The normalized spacial score (nSPS) is 12.5. The third-order valence-electron chi connectivity index (χ3n) is 3.93. The van der Waals surface area contributed by atoms with E-state index in [2.05, 4.69) is 85.9 Å². The number of fused-ring (bicyclic) bond motifs is 1. The molecule has 0 aromatic heterocycles. The van der Waals surface area contributed by atoms with Crippen LogP contribution in [0.1, 0.15) is 29.7 Å². The van der Waals surface area contributed by atoms with Gasteiger partial charge in [0.2, 0.25) is 0 Å². The third-order valence-corrected chi connectivity index (χ3v) is 3.93. The van der Waals surface area contributed by atoms with Crippen LogP contribution in [0.2, 0.25) is 0 Å². The highest BCUT2D eigenvalue weighted by Crippen LogP contribution is 2.25. The molecule has 1 heteroatoms. The van der Waals surface area contributed by atoms with Gasteiger partial charge in [-0.25, -0.2) is 0 Å². The molecule has 0 saturated carbocycles. The summed E-state index contributed by atoms with van der Waals surface area (Å²) in [5, 5.41) is 6.19. The Balaban J connectivity index is 2.04. The fourth-order valence-electron chi connectivity index (χ4n) is 2.78. The van der Waals surface area contributed by atoms with E-state index in [4.69, 9.17) is 0 Å². The summed E-state index contributed by atoms with van der Waals surface area (Å²) < 4.78 is 0. The lowest BCUT2D eigenvalue weighted by molar-refractivity contribution is 0.631. The van der Waals surface area contributed by atoms with Gasteiger partial charge in [-0.2, -0.15) is 0 Å². The number of hydrogen-bond donors (Lipinski definition) is 1. The molecule has 1 unspecified atom stereocenters. The van der Waals surface area contributed by atoms with Gasteiger partial charge in [-0.05, 0) is 41.4 Å². The Morgan fingerprint density at radius 3 is 2.19 bits per heavy atom. The van der Waals surface area contributed by atoms with Crippen molar-refractivity contribution in [3.8, 4) is 0 Å². The first-order valence-electron chi connectivity index (χ1n) is 7.56. The molecule has 0 fully saturated rings. The molecule has 3 aromatic rings. The number of rotatable bonds is 4. The first-order chi connectivity index (χ1) is 10.3. The molecule has 21 heavy (non-hydrogen) atoms. The van der Waals surface area contributed by atoms with Gasteiger partial charge in [0.1, 0.15) is 0 Å². The molecule has 0 radical (unpaired) electrons. The van der Waals surface area contributed by atoms with Crippen LogP contribution in [0.3, 0.4) is 0 Å². The van der Waals surface area contributed by atoms with Crippen LogP contribution in [-0.2, 0) is 0 Å². The molecule has 0 heterocycles. The summed E-state index contributed by atoms with van der Waals surface area (Å²) in [6.45, 7) is 5.23. The average molecular weight is 275 g/mol. The summed E-state index contributed by atoms with van der Waals surface area (Å²) in [7, 11) is 0. The maximum absolute atomic E-state index is 3.60. The molecule has 0 aliphatic carbocycles. The number of benzene rings is 3. The molecule has 0 spiro atoms. The van der Waals surface area contributed by atoms with Crippen molar-refractivity contribution in [2.75, 3.05) is 6.54 Å². The van der Waals surface area contributed by atoms with Gasteiger partial charge in [0.25, 0.3) is 0 Å². The van der Waals surface area contributed by atoms with Crippen LogP contribution in [0.25, 0.3) is 10.8 Å². The highest BCUT2D eigenvalue weighted by molar-refractivity contribution is 5.83. The van der Waals surface area contributed by atoms with E-state index < -0.39 is 0 Å². The molecule has 3 rings (SSSR count). The van der Waals surface area contributed by atoms with Gasteiger partial charge < -0.3 is 5.32 Å². The molecule has 1 nitrogen and oxygen atoms in total. The van der Waals surface area contributed by atoms with Crippen LogP contribution in [0.5, 0.6) is 0 Å². The Kier molecular flexibility index (Phi) is 4.03. The molecule has 0 saturated heterocycles. The zero-order valence-electron chi connectivity index (χ0n) is 12.6. The number of nitrogens with one attached hydrogen (secondary N) is 1. The van der Waals surface area contributed by atoms with E-state index in [9.17, 15) is 0 Å². The van der Waals surface area contributed by atoms with Crippen molar-refractivity contribution in [1.29, 1.82) is 0 Å². The molecule has 3 aromatic carbocycles. The van der Waals surface area contributed by atoms with E-state index in [1.165, 1.54) is 27.5 Å². The summed E-state index contributed by atoms with van der Waals surface area (Å²) in [5.41, 5.74) is 3.93. The van der Waals surface area contributed by atoms with Crippen molar-refractivity contribution in [3.05, 3.63) is 83.4 Å². The standard InChI is InChI=1S/C20H21N/c1-3-21-20(17-10-8-15(2)9-11-17)19-13-12-16-6-4-5-7-18(16)14-19/h4-14,20-21H,3H2,1-2H3. The molecule has 0 aliphatic rings. The molecule has 106 valence electrons. The zero-order valence-corrected chi connectivity index (χ0v) is 12.6. The lowest BCUT2D eigenvalue weighted by Crippen LogP contribution is -2.21. The van der Waals surface area contributed by atoms with Crippen LogP contribution < -0.4 is 5.32 Å². The molecule has 0 bridgehead atoms. The smallest absolute Gasteiger partial charge is 0.0576 e. The molecule has 0 aliphatic heterocycles. The molecule has 0 amide bonds. The zero-order chi connectivity index (χ0) is 14.7. The van der Waals surface area contributed by atoms with E-state index in [1.807, 2.05) is 0 Å². The number of hydrogen-bond acceptors (Lipinski definition) is 1. The van der Waals surface area contributed by atoms with Gasteiger partial charge in [0.05, 0.1) is 6.04 Å². The third kappa shape index (κ3) is 2.98. The molecular formula is C20H21N. The Labute approximate surface area is 126 Å². The first-order valence-corrected chi connectivity index (χ1v) is 7.56. The summed E-state index contributed by atoms with van der Waals surface area (Å²) >= 11 is 0. The topological polar surface area (TPSA) is 12.0 Å². The first kappa shape index (κ1) is 13.8. The Bertz CT molecular complexity index is 728. The van der Waals surface area contributed by atoms with Gasteiger partial charge >= 0.3 is 0 Å². The fourth-order valence-corrected chi connectivity index (χ4v) is 2.78. The van der Waals surface area contributed by atoms with Crippen LogP contribution in [-0.4, -0.2) is 6.54 Å². The lowest BCUT2D eigenvalue weighted by atomic mass is 9.95. The molecular weight excluding hydrogens is 254 g/mol. The maximum atomic E-state index is 3.60. The van der Waals surface area contributed by atoms with Crippen LogP contribution in [0, 0.1) is 6.92 Å². The number of aryl methyl sites for hydroxylation is 1. The summed E-state index contributed by atoms with van der Waals surface area (Å²) in [6.07, 6.45) is 0. The van der Waals surface area contributed by atoms with E-state index in [-0.39, 0.29) is 6.04 Å². The van der Waals surface area contributed by atoms with Gasteiger partial charge in [-0.15, -0.1) is 0 Å². The van der Waals surface area contributed by atoms with Crippen molar-refractivity contribution < 1.29 is 0 Å². The van der Waals surface area contributed by atoms with Crippen molar-refractivity contribution in [2.24, 2.45) is 0 Å².